The lowest BCUT2D eigenvalue weighted by Gasteiger charge is -2.12. The van der Waals surface area contributed by atoms with Crippen LogP contribution in [0.25, 0.3) is 10.8 Å². The van der Waals surface area contributed by atoms with Crippen LogP contribution in [0.2, 0.25) is 0 Å². The zero-order valence-corrected chi connectivity index (χ0v) is 18.9. The Morgan fingerprint density at radius 3 is 2.71 bits per heavy atom. The van der Waals surface area contributed by atoms with Crippen LogP contribution in [0.5, 0.6) is 0 Å². The number of fused-ring (bicyclic) bond motifs is 1. The third-order valence-corrected chi connectivity index (χ3v) is 4.53. The van der Waals surface area contributed by atoms with E-state index < -0.39 is 0 Å². The molecule has 0 amide bonds. The van der Waals surface area contributed by atoms with Crippen LogP contribution in [0, 0.1) is 0 Å². The number of benzene rings is 2. The number of rotatable bonds is 8. The Kier molecular flexibility index (Phi) is 9.19. The van der Waals surface area contributed by atoms with E-state index in [0.29, 0.717) is 0 Å². The predicted molar refractivity (Wildman–Crippen MR) is 126 cm³/mol. The van der Waals surface area contributed by atoms with Crippen molar-refractivity contribution < 1.29 is 0 Å². The van der Waals surface area contributed by atoms with E-state index in [1.54, 1.807) is 6.33 Å². The predicted octanol–water partition coefficient (Wildman–Crippen LogP) is 3.41. The summed E-state index contributed by atoms with van der Waals surface area (Å²) in [4.78, 5) is 4.73. The molecule has 3 rings (SSSR count). The van der Waals surface area contributed by atoms with Gasteiger partial charge in [-0.15, -0.1) is 34.2 Å². The first-order valence-corrected chi connectivity index (χ1v) is 9.67. The molecule has 7 heteroatoms. The number of hydrogen-bond donors (Lipinski definition) is 2. The minimum Gasteiger partial charge on any atom is -0.357 e. The van der Waals surface area contributed by atoms with Crippen molar-refractivity contribution in [2.24, 2.45) is 4.99 Å². The Morgan fingerprint density at radius 2 is 1.89 bits per heavy atom. The largest absolute Gasteiger partial charge is 0.357 e. The van der Waals surface area contributed by atoms with Crippen molar-refractivity contribution in [2.45, 2.75) is 33.2 Å². The quantitative estimate of drug-likeness (QED) is 0.288. The molecule has 0 radical (unpaired) electrons. The second-order valence-corrected chi connectivity index (χ2v) is 6.37. The molecule has 0 unspecified atom stereocenters. The summed E-state index contributed by atoms with van der Waals surface area (Å²) >= 11 is 0. The number of hydrogen-bond acceptors (Lipinski definition) is 3. The summed E-state index contributed by atoms with van der Waals surface area (Å²) in [6.45, 7) is 7.36. The molecule has 0 saturated carbocycles. The van der Waals surface area contributed by atoms with Gasteiger partial charge in [0.2, 0.25) is 0 Å². The Labute approximate surface area is 183 Å². The molecule has 0 aliphatic carbocycles. The smallest absolute Gasteiger partial charge is 0.191 e. The molecule has 6 nitrogen and oxygen atoms in total. The molecule has 0 fully saturated rings. The van der Waals surface area contributed by atoms with Gasteiger partial charge in [0.1, 0.15) is 12.2 Å². The van der Waals surface area contributed by atoms with Gasteiger partial charge in [0.15, 0.2) is 5.96 Å². The van der Waals surface area contributed by atoms with Gasteiger partial charge < -0.3 is 15.2 Å². The molecule has 0 atom stereocenters. The molecule has 0 aliphatic rings. The van der Waals surface area contributed by atoms with Crippen LogP contribution in [-0.4, -0.2) is 40.4 Å². The average molecular weight is 492 g/mol. The average Bonchev–Trinajstić information content (AvgIpc) is 3.15. The molecule has 0 aliphatic heterocycles. The Morgan fingerprint density at radius 1 is 1.07 bits per heavy atom. The first-order chi connectivity index (χ1) is 13.3. The number of halogens is 1. The molecule has 150 valence electrons. The van der Waals surface area contributed by atoms with Gasteiger partial charge >= 0.3 is 0 Å². The molecular weight excluding hydrogens is 463 g/mol. The number of nitrogens with one attached hydrogen (secondary N) is 2. The monoisotopic (exact) mass is 492 g/mol. The maximum atomic E-state index is 4.73. The number of aryl methyl sites for hydroxylation is 1. The van der Waals surface area contributed by atoms with E-state index in [0.717, 1.165) is 50.8 Å². The Hall–Kier alpha value is -2.16. The van der Waals surface area contributed by atoms with E-state index in [1.165, 1.54) is 16.3 Å². The summed E-state index contributed by atoms with van der Waals surface area (Å²) in [5.74, 6) is 1.86. The van der Waals surface area contributed by atoms with Crippen LogP contribution in [0.3, 0.4) is 0 Å². The Bertz CT molecular complexity index is 884. The number of nitrogens with zero attached hydrogens (tertiary/aromatic N) is 4. The molecule has 0 spiro atoms. The van der Waals surface area contributed by atoms with Crippen molar-refractivity contribution in [1.82, 2.24) is 25.4 Å². The van der Waals surface area contributed by atoms with Crippen molar-refractivity contribution in [1.29, 1.82) is 0 Å². The van der Waals surface area contributed by atoms with Gasteiger partial charge in [-0.1, -0.05) is 49.4 Å². The maximum absolute atomic E-state index is 4.73. The van der Waals surface area contributed by atoms with Gasteiger partial charge in [-0.25, -0.2) is 0 Å². The lowest BCUT2D eigenvalue weighted by molar-refractivity contribution is 0.632. The fourth-order valence-corrected chi connectivity index (χ4v) is 3.17. The SMILES string of the molecule is CCNC(=NCCc1cccc2ccccc12)NCCn1cnnc1CC.I. The van der Waals surface area contributed by atoms with E-state index in [4.69, 9.17) is 4.99 Å². The van der Waals surface area contributed by atoms with Crippen molar-refractivity contribution in [3.8, 4) is 0 Å². The van der Waals surface area contributed by atoms with Crippen LogP contribution >= 0.6 is 24.0 Å². The zero-order chi connectivity index (χ0) is 18.9. The normalized spacial score (nSPS) is 11.3. The molecule has 0 bridgehead atoms. The fraction of sp³-hybridized carbons (Fsp3) is 0.381. The maximum Gasteiger partial charge on any atom is 0.191 e. The van der Waals surface area contributed by atoms with Gasteiger partial charge in [-0.3, -0.25) is 4.99 Å². The molecule has 1 heterocycles. The van der Waals surface area contributed by atoms with Crippen molar-refractivity contribution in [2.75, 3.05) is 19.6 Å². The molecule has 0 saturated heterocycles. The Balaban J connectivity index is 0.00000280. The van der Waals surface area contributed by atoms with E-state index in [1.807, 2.05) is 0 Å². The van der Waals surface area contributed by atoms with Crippen molar-refractivity contribution in [3.05, 3.63) is 60.2 Å². The molecular formula is C21H29IN6. The van der Waals surface area contributed by atoms with Gasteiger partial charge in [0, 0.05) is 32.6 Å². The second kappa shape index (κ2) is 11.6. The van der Waals surface area contributed by atoms with E-state index in [-0.39, 0.29) is 24.0 Å². The lowest BCUT2D eigenvalue weighted by atomic mass is 10.0. The van der Waals surface area contributed by atoms with Crippen LogP contribution in [0.15, 0.2) is 53.8 Å². The number of aliphatic imine (C=N–C) groups is 1. The highest BCUT2D eigenvalue weighted by Crippen LogP contribution is 2.18. The fourth-order valence-electron chi connectivity index (χ4n) is 3.17. The molecule has 3 aromatic rings. The van der Waals surface area contributed by atoms with E-state index >= 15 is 0 Å². The topological polar surface area (TPSA) is 67.1 Å². The summed E-state index contributed by atoms with van der Waals surface area (Å²) in [5, 5.41) is 17.4. The summed E-state index contributed by atoms with van der Waals surface area (Å²) in [5.41, 5.74) is 1.34. The van der Waals surface area contributed by atoms with Gasteiger partial charge in [-0.2, -0.15) is 0 Å². The van der Waals surface area contributed by atoms with Gasteiger partial charge in [0.05, 0.1) is 0 Å². The molecule has 1 aromatic heterocycles. The molecule has 2 aromatic carbocycles. The van der Waals surface area contributed by atoms with E-state index in [9.17, 15) is 0 Å². The second-order valence-electron chi connectivity index (χ2n) is 6.37. The minimum absolute atomic E-state index is 0. The summed E-state index contributed by atoms with van der Waals surface area (Å²) in [6, 6.07) is 15.0. The van der Waals surface area contributed by atoms with Crippen molar-refractivity contribution >= 4 is 40.7 Å². The minimum atomic E-state index is 0. The molecule has 28 heavy (non-hydrogen) atoms. The summed E-state index contributed by atoms with van der Waals surface area (Å²) in [6.07, 6.45) is 3.59. The van der Waals surface area contributed by atoms with Crippen LogP contribution in [0.1, 0.15) is 25.2 Å². The first-order valence-electron chi connectivity index (χ1n) is 9.67. The summed E-state index contributed by atoms with van der Waals surface area (Å²) < 4.78 is 2.08. The number of guanidine groups is 1. The zero-order valence-electron chi connectivity index (χ0n) is 16.6. The molecule has 2 N–H and O–H groups in total. The van der Waals surface area contributed by atoms with Gasteiger partial charge in [-0.05, 0) is 29.7 Å². The van der Waals surface area contributed by atoms with Crippen LogP contribution in [0.4, 0.5) is 0 Å². The third kappa shape index (κ3) is 5.92. The number of aromatic nitrogens is 3. The first kappa shape index (κ1) is 22.1. The van der Waals surface area contributed by atoms with Crippen LogP contribution < -0.4 is 10.6 Å². The highest BCUT2D eigenvalue weighted by Gasteiger charge is 2.03. The van der Waals surface area contributed by atoms with Crippen molar-refractivity contribution in [3.63, 3.8) is 0 Å². The summed E-state index contributed by atoms with van der Waals surface area (Å²) in [7, 11) is 0. The van der Waals surface area contributed by atoms with E-state index in [2.05, 4.69) is 81.7 Å². The third-order valence-electron chi connectivity index (χ3n) is 4.53. The lowest BCUT2D eigenvalue weighted by Crippen LogP contribution is -2.39. The van der Waals surface area contributed by atoms with Crippen LogP contribution in [-0.2, 0) is 19.4 Å². The highest BCUT2D eigenvalue weighted by molar-refractivity contribution is 14.0. The standard InChI is InChI=1S/C21H28N6.HI/c1-3-20-26-25-16-27(20)15-14-24-21(22-4-2)23-13-12-18-10-7-9-17-8-5-6-11-19(17)18;/h5-11,16H,3-4,12-15H2,1-2H3,(H2,22,23,24);1H. The van der Waals surface area contributed by atoms with Gasteiger partial charge in [0.25, 0.3) is 0 Å². The highest BCUT2D eigenvalue weighted by atomic mass is 127.